The molecule has 3 rings (SSSR count). The average Bonchev–Trinajstić information content (AvgIpc) is 3.08. The molecule has 0 aliphatic heterocycles. The number of aromatic nitrogens is 2. The van der Waals surface area contributed by atoms with Crippen molar-refractivity contribution >= 4 is 39.2 Å². The molecular weight excluding hydrogens is 414 g/mol. The highest BCUT2D eigenvalue weighted by molar-refractivity contribution is 8.00. The summed E-state index contributed by atoms with van der Waals surface area (Å²) in [6, 6.07) is 10.0. The van der Waals surface area contributed by atoms with Crippen LogP contribution in [-0.2, 0) is 11.3 Å². The lowest BCUT2D eigenvalue weighted by Crippen LogP contribution is -2.36. The predicted molar refractivity (Wildman–Crippen MR) is 127 cm³/mol. The molecular formula is C23H27N3O2S2. The first-order valence-corrected chi connectivity index (χ1v) is 11.8. The van der Waals surface area contributed by atoms with Gasteiger partial charge in [-0.05, 0) is 38.8 Å². The maximum absolute atomic E-state index is 13.4. The van der Waals surface area contributed by atoms with E-state index in [1.807, 2.05) is 58.0 Å². The highest BCUT2D eigenvalue weighted by Crippen LogP contribution is 2.37. The zero-order valence-electron chi connectivity index (χ0n) is 17.8. The van der Waals surface area contributed by atoms with Gasteiger partial charge in [0.25, 0.3) is 5.56 Å². The van der Waals surface area contributed by atoms with Crippen LogP contribution in [0.1, 0.15) is 26.3 Å². The van der Waals surface area contributed by atoms with Crippen molar-refractivity contribution in [1.82, 2.24) is 14.5 Å². The Morgan fingerprint density at radius 2 is 1.97 bits per heavy atom. The van der Waals surface area contributed by atoms with Crippen LogP contribution in [0.25, 0.3) is 20.7 Å². The summed E-state index contributed by atoms with van der Waals surface area (Å²) >= 11 is 2.86. The molecule has 0 N–H and O–H groups in total. The molecule has 1 unspecified atom stereocenters. The fourth-order valence-electron chi connectivity index (χ4n) is 3.44. The van der Waals surface area contributed by atoms with E-state index in [1.54, 1.807) is 15.5 Å². The van der Waals surface area contributed by atoms with Crippen LogP contribution in [0.5, 0.6) is 0 Å². The van der Waals surface area contributed by atoms with Crippen LogP contribution in [0, 0.1) is 6.92 Å². The molecule has 0 aliphatic rings. The van der Waals surface area contributed by atoms with Gasteiger partial charge in [-0.2, -0.15) is 0 Å². The third-order valence-electron chi connectivity index (χ3n) is 5.07. The predicted octanol–water partition coefficient (Wildman–Crippen LogP) is 4.97. The lowest BCUT2D eigenvalue weighted by Gasteiger charge is -2.22. The normalized spacial score (nSPS) is 12.1. The molecule has 30 heavy (non-hydrogen) atoms. The number of benzene rings is 1. The van der Waals surface area contributed by atoms with Crippen LogP contribution in [-0.4, -0.2) is 38.7 Å². The van der Waals surface area contributed by atoms with Gasteiger partial charge in [0.1, 0.15) is 4.83 Å². The number of thiophene rings is 1. The van der Waals surface area contributed by atoms with E-state index in [9.17, 15) is 9.59 Å². The molecule has 0 aliphatic carbocycles. The molecule has 158 valence electrons. The van der Waals surface area contributed by atoms with E-state index in [0.29, 0.717) is 35.0 Å². The zero-order chi connectivity index (χ0) is 21.8. The standard InChI is InChI=1S/C23H27N3O2S2/c1-6-14-26-22(28)18-15(4)19(17-12-10-9-11-13-17)30-20(18)24-23(26)29-16(5)21(27)25(7-2)8-3/h6,9-13,16H,1,7-8,14H2,2-5H3. The smallest absolute Gasteiger partial charge is 0.263 e. The molecule has 0 radical (unpaired) electrons. The summed E-state index contributed by atoms with van der Waals surface area (Å²) in [6.45, 7) is 13.3. The Balaban J connectivity index is 2.10. The SMILES string of the molecule is C=CCn1c(SC(C)C(=O)N(CC)CC)nc2sc(-c3ccccc3)c(C)c2c1=O. The third kappa shape index (κ3) is 4.23. The second-order valence-corrected chi connectivity index (χ2v) is 9.28. The Morgan fingerprint density at radius 1 is 1.30 bits per heavy atom. The number of carbonyl (C=O) groups is 1. The second-order valence-electron chi connectivity index (χ2n) is 6.97. The number of hydrogen-bond donors (Lipinski definition) is 0. The minimum atomic E-state index is -0.333. The summed E-state index contributed by atoms with van der Waals surface area (Å²) in [5.74, 6) is 0.0526. The van der Waals surface area contributed by atoms with Crippen molar-refractivity contribution in [2.45, 2.75) is 44.6 Å². The molecule has 1 amide bonds. The van der Waals surface area contributed by atoms with Crippen LogP contribution >= 0.6 is 23.1 Å². The van der Waals surface area contributed by atoms with Gasteiger partial charge in [0.2, 0.25) is 5.91 Å². The van der Waals surface area contributed by atoms with Gasteiger partial charge in [-0.25, -0.2) is 4.98 Å². The van der Waals surface area contributed by atoms with Crippen LogP contribution in [0.4, 0.5) is 0 Å². The van der Waals surface area contributed by atoms with Crippen LogP contribution in [0.3, 0.4) is 0 Å². The van der Waals surface area contributed by atoms with Gasteiger partial charge in [0.05, 0.1) is 10.6 Å². The van der Waals surface area contributed by atoms with E-state index in [0.717, 1.165) is 16.0 Å². The molecule has 3 aromatic rings. The Kier molecular flexibility index (Phi) is 7.15. The maximum atomic E-state index is 13.4. The van der Waals surface area contributed by atoms with Crippen molar-refractivity contribution < 1.29 is 4.79 Å². The molecule has 1 atom stereocenters. The molecule has 0 fully saturated rings. The Labute approximate surface area is 185 Å². The summed E-state index contributed by atoms with van der Waals surface area (Å²) in [5.41, 5.74) is 1.94. The summed E-state index contributed by atoms with van der Waals surface area (Å²) in [7, 11) is 0. The first-order valence-electron chi connectivity index (χ1n) is 10.1. The number of carbonyl (C=O) groups excluding carboxylic acids is 1. The van der Waals surface area contributed by atoms with Gasteiger partial charge < -0.3 is 4.90 Å². The number of rotatable bonds is 8. The van der Waals surface area contributed by atoms with E-state index < -0.39 is 0 Å². The fraction of sp³-hybridized carbons (Fsp3) is 0.348. The molecule has 7 heteroatoms. The summed E-state index contributed by atoms with van der Waals surface area (Å²) in [4.78, 5) is 34.5. The van der Waals surface area contributed by atoms with Gasteiger partial charge >= 0.3 is 0 Å². The van der Waals surface area contributed by atoms with Crippen LogP contribution < -0.4 is 5.56 Å². The first kappa shape index (κ1) is 22.3. The monoisotopic (exact) mass is 441 g/mol. The Hall–Kier alpha value is -2.38. The average molecular weight is 442 g/mol. The van der Waals surface area contributed by atoms with E-state index in [4.69, 9.17) is 4.98 Å². The van der Waals surface area contributed by atoms with Gasteiger partial charge in [0.15, 0.2) is 5.16 Å². The van der Waals surface area contributed by atoms with Crippen molar-refractivity contribution in [1.29, 1.82) is 0 Å². The highest BCUT2D eigenvalue weighted by atomic mass is 32.2. The number of fused-ring (bicyclic) bond motifs is 1. The highest BCUT2D eigenvalue weighted by Gasteiger charge is 2.24. The summed E-state index contributed by atoms with van der Waals surface area (Å²) in [5, 5.41) is 0.869. The molecule has 0 saturated carbocycles. The molecule has 1 aromatic carbocycles. The molecule has 0 spiro atoms. The minimum absolute atomic E-state index is 0.0526. The summed E-state index contributed by atoms with van der Waals surface area (Å²) in [6.07, 6.45) is 1.69. The van der Waals surface area contributed by atoms with Gasteiger partial charge in [-0.1, -0.05) is 48.2 Å². The van der Waals surface area contributed by atoms with Crippen molar-refractivity contribution in [3.63, 3.8) is 0 Å². The second kappa shape index (κ2) is 9.62. The molecule has 0 bridgehead atoms. The number of allylic oxidation sites excluding steroid dienone is 1. The lowest BCUT2D eigenvalue weighted by molar-refractivity contribution is -0.129. The van der Waals surface area contributed by atoms with E-state index in [1.165, 1.54) is 23.1 Å². The topological polar surface area (TPSA) is 55.2 Å². The van der Waals surface area contributed by atoms with Crippen LogP contribution in [0.2, 0.25) is 0 Å². The lowest BCUT2D eigenvalue weighted by atomic mass is 10.1. The molecule has 2 aromatic heterocycles. The first-order chi connectivity index (χ1) is 14.4. The van der Waals surface area contributed by atoms with E-state index in [-0.39, 0.29) is 16.7 Å². The number of amides is 1. The van der Waals surface area contributed by atoms with Gasteiger partial charge in [-0.3, -0.25) is 14.2 Å². The number of thioether (sulfide) groups is 1. The van der Waals surface area contributed by atoms with Crippen molar-refractivity contribution in [2.75, 3.05) is 13.1 Å². The summed E-state index contributed by atoms with van der Waals surface area (Å²) < 4.78 is 1.63. The Bertz CT molecular complexity index is 1110. The molecule has 2 heterocycles. The largest absolute Gasteiger partial charge is 0.342 e. The number of hydrogen-bond acceptors (Lipinski definition) is 5. The van der Waals surface area contributed by atoms with Gasteiger partial charge in [0, 0.05) is 24.5 Å². The number of aryl methyl sites for hydroxylation is 1. The zero-order valence-corrected chi connectivity index (χ0v) is 19.5. The maximum Gasteiger partial charge on any atom is 0.263 e. The fourth-order valence-corrected chi connectivity index (χ4v) is 5.67. The van der Waals surface area contributed by atoms with Crippen molar-refractivity contribution in [2.24, 2.45) is 0 Å². The number of nitrogens with zero attached hydrogens (tertiary/aromatic N) is 3. The third-order valence-corrected chi connectivity index (χ3v) is 7.38. The Morgan fingerprint density at radius 3 is 2.57 bits per heavy atom. The van der Waals surface area contributed by atoms with E-state index in [2.05, 4.69) is 6.58 Å². The van der Waals surface area contributed by atoms with E-state index >= 15 is 0 Å². The minimum Gasteiger partial charge on any atom is -0.342 e. The molecule has 0 saturated heterocycles. The van der Waals surface area contributed by atoms with Crippen molar-refractivity contribution in [3.05, 3.63) is 58.9 Å². The quantitative estimate of drug-likeness (QED) is 0.281. The van der Waals surface area contributed by atoms with Crippen LogP contribution in [0.15, 0.2) is 52.9 Å². The van der Waals surface area contributed by atoms with Crippen molar-refractivity contribution in [3.8, 4) is 10.4 Å². The van der Waals surface area contributed by atoms with Gasteiger partial charge in [-0.15, -0.1) is 17.9 Å². The molecule has 5 nitrogen and oxygen atoms in total.